The number of hydrazine groups is 1. The van der Waals surface area contributed by atoms with Gasteiger partial charge in [0.1, 0.15) is 0 Å². The molecular formula is C15H18ClN3OS. The van der Waals surface area contributed by atoms with Gasteiger partial charge < -0.3 is 10.3 Å². The molecule has 0 saturated heterocycles. The van der Waals surface area contributed by atoms with Crippen LogP contribution >= 0.6 is 22.9 Å². The third kappa shape index (κ3) is 3.75. The Labute approximate surface area is 133 Å². The minimum Gasteiger partial charge on any atom is -0.331 e. The molecule has 112 valence electrons. The lowest BCUT2D eigenvalue weighted by Crippen LogP contribution is -2.36. The van der Waals surface area contributed by atoms with Gasteiger partial charge in [-0.1, -0.05) is 17.7 Å². The zero-order valence-electron chi connectivity index (χ0n) is 12.0. The first kappa shape index (κ1) is 15.8. The summed E-state index contributed by atoms with van der Waals surface area (Å²) in [6.07, 6.45) is 0. The predicted molar refractivity (Wildman–Crippen MR) is 88.6 cm³/mol. The number of anilines is 1. The van der Waals surface area contributed by atoms with E-state index in [1.807, 2.05) is 31.4 Å². The summed E-state index contributed by atoms with van der Waals surface area (Å²) in [7, 11) is 0. The van der Waals surface area contributed by atoms with Crippen molar-refractivity contribution < 1.29 is 4.79 Å². The molecule has 6 heteroatoms. The Kier molecular flexibility index (Phi) is 5.22. The van der Waals surface area contributed by atoms with Crippen molar-refractivity contribution in [2.75, 3.05) is 5.43 Å². The Hall–Kier alpha value is -1.56. The van der Waals surface area contributed by atoms with Gasteiger partial charge >= 0.3 is 0 Å². The number of carbonyl (C=O) groups is 1. The minimum atomic E-state index is -0.0890. The Morgan fingerprint density at radius 2 is 2.19 bits per heavy atom. The van der Waals surface area contributed by atoms with Gasteiger partial charge in [0.25, 0.3) is 5.91 Å². The molecule has 0 atom stereocenters. The van der Waals surface area contributed by atoms with E-state index in [0.717, 1.165) is 4.88 Å². The summed E-state index contributed by atoms with van der Waals surface area (Å²) in [5.41, 5.74) is 3.61. The largest absolute Gasteiger partial charge is 0.331 e. The number of carbonyl (C=O) groups excluding carboxylic acids is 1. The Morgan fingerprint density at radius 1 is 1.43 bits per heavy atom. The van der Waals surface area contributed by atoms with Crippen LogP contribution in [0.4, 0.5) is 5.69 Å². The average Bonchev–Trinajstić information content (AvgIpc) is 2.96. The first-order chi connectivity index (χ1) is 10.0. The Balaban J connectivity index is 2.32. The number of nitrogens with two attached hydrogens (primary N) is 1. The van der Waals surface area contributed by atoms with Crippen LogP contribution in [0.1, 0.15) is 29.1 Å². The average molecular weight is 324 g/mol. The van der Waals surface area contributed by atoms with Crippen LogP contribution < -0.4 is 11.3 Å². The van der Waals surface area contributed by atoms with Crippen molar-refractivity contribution in [2.24, 2.45) is 5.84 Å². The molecule has 1 heterocycles. The number of hydrogen-bond acceptors (Lipinski definition) is 4. The number of hydrogen-bond donors (Lipinski definition) is 2. The van der Waals surface area contributed by atoms with Crippen LogP contribution in [0, 0.1) is 0 Å². The lowest BCUT2D eigenvalue weighted by atomic mass is 10.1. The third-order valence-corrected chi connectivity index (χ3v) is 4.25. The molecule has 3 N–H and O–H groups in total. The molecule has 0 aliphatic heterocycles. The summed E-state index contributed by atoms with van der Waals surface area (Å²) >= 11 is 7.64. The quantitative estimate of drug-likeness (QED) is 0.651. The van der Waals surface area contributed by atoms with Gasteiger partial charge in [0.2, 0.25) is 0 Å². The number of thiophene rings is 1. The number of nitrogens with zero attached hydrogens (tertiary/aromatic N) is 1. The fraction of sp³-hybridized carbons (Fsp3) is 0.267. The molecule has 0 saturated carbocycles. The molecule has 0 spiro atoms. The van der Waals surface area contributed by atoms with Crippen molar-refractivity contribution in [1.29, 1.82) is 0 Å². The van der Waals surface area contributed by atoms with Crippen LogP contribution in [0.2, 0.25) is 5.02 Å². The first-order valence-electron chi connectivity index (χ1n) is 6.62. The molecule has 1 aromatic heterocycles. The van der Waals surface area contributed by atoms with Gasteiger partial charge in [0.05, 0.1) is 17.8 Å². The maximum Gasteiger partial charge on any atom is 0.256 e. The Bertz CT molecular complexity index is 613. The molecule has 0 bridgehead atoms. The zero-order chi connectivity index (χ0) is 15.4. The van der Waals surface area contributed by atoms with E-state index >= 15 is 0 Å². The van der Waals surface area contributed by atoms with Crippen LogP contribution in [0.15, 0.2) is 35.7 Å². The van der Waals surface area contributed by atoms with Crippen molar-refractivity contribution in [3.8, 4) is 0 Å². The van der Waals surface area contributed by atoms with Crippen LogP contribution in [-0.2, 0) is 6.54 Å². The minimum absolute atomic E-state index is 0.0733. The molecule has 1 amide bonds. The second-order valence-corrected chi connectivity index (χ2v) is 6.41. The highest BCUT2D eigenvalue weighted by atomic mass is 35.5. The van der Waals surface area contributed by atoms with Gasteiger partial charge in [0.15, 0.2) is 0 Å². The summed E-state index contributed by atoms with van der Waals surface area (Å²) in [5.74, 6) is 5.40. The molecule has 0 unspecified atom stereocenters. The van der Waals surface area contributed by atoms with Crippen LogP contribution in [0.25, 0.3) is 0 Å². The molecule has 0 radical (unpaired) electrons. The fourth-order valence-corrected chi connectivity index (χ4v) is 2.91. The molecule has 21 heavy (non-hydrogen) atoms. The monoisotopic (exact) mass is 323 g/mol. The van der Waals surface area contributed by atoms with E-state index in [1.165, 1.54) is 0 Å². The van der Waals surface area contributed by atoms with Crippen molar-refractivity contribution in [3.05, 3.63) is 51.2 Å². The van der Waals surface area contributed by atoms with Crippen LogP contribution in [-0.4, -0.2) is 16.8 Å². The molecule has 2 rings (SSSR count). The summed E-state index contributed by atoms with van der Waals surface area (Å²) in [6, 6.07) is 9.13. The topological polar surface area (TPSA) is 58.4 Å². The number of rotatable bonds is 5. The second-order valence-electron chi connectivity index (χ2n) is 4.94. The molecule has 0 fully saturated rings. The summed E-state index contributed by atoms with van der Waals surface area (Å²) in [6.45, 7) is 4.56. The van der Waals surface area contributed by atoms with Crippen LogP contribution in [0.3, 0.4) is 0 Å². The molecule has 1 aromatic carbocycles. The van der Waals surface area contributed by atoms with Gasteiger partial charge in [-0.15, -0.1) is 11.3 Å². The van der Waals surface area contributed by atoms with E-state index in [2.05, 4.69) is 5.43 Å². The zero-order valence-corrected chi connectivity index (χ0v) is 13.5. The fourth-order valence-electron chi connectivity index (χ4n) is 2.03. The molecule has 0 aliphatic carbocycles. The van der Waals surface area contributed by atoms with Gasteiger partial charge in [-0.05, 0) is 43.5 Å². The van der Waals surface area contributed by atoms with Crippen molar-refractivity contribution >= 4 is 34.5 Å². The van der Waals surface area contributed by atoms with E-state index in [9.17, 15) is 4.79 Å². The normalized spacial score (nSPS) is 10.7. The number of halogens is 1. The van der Waals surface area contributed by atoms with E-state index in [1.54, 1.807) is 34.4 Å². The first-order valence-corrected chi connectivity index (χ1v) is 7.88. The van der Waals surface area contributed by atoms with Crippen LogP contribution in [0.5, 0.6) is 0 Å². The van der Waals surface area contributed by atoms with E-state index in [0.29, 0.717) is 22.8 Å². The van der Waals surface area contributed by atoms with Crippen molar-refractivity contribution in [1.82, 2.24) is 4.90 Å². The number of nitrogen functional groups attached to an aromatic ring is 1. The number of nitrogens with one attached hydrogen (secondary N) is 1. The second kappa shape index (κ2) is 6.93. The molecule has 4 nitrogen and oxygen atoms in total. The SMILES string of the molecule is CC(C)N(Cc1cccs1)C(=O)c1cc(Cl)ccc1NN. The molecule has 0 aliphatic rings. The highest BCUT2D eigenvalue weighted by molar-refractivity contribution is 7.09. The maximum absolute atomic E-state index is 12.8. The van der Waals surface area contributed by atoms with E-state index < -0.39 is 0 Å². The van der Waals surface area contributed by atoms with Crippen molar-refractivity contribution in [2.45, 2.75) is 26.4 Å². The third-order valence-electron chi connectivity index (χ3n) is 3.16. The van der Waals surface area contributed by atoms with E-state index in [4.69, 9.17) is 17.4 Å². The lowest BCUT2D eigenvalue weighted by molar-refractivity contribution is 0.0693. The van der Waals surface area contributed by atoms with Gasteiger partial charge in [-0.25, -0.2) is 0 Å². The van der Waals surface area contributed by atoms with Gasteiger partial charge in [-0.3, -0.25) is 10.6 Å². The summed E-state index contributed by atoms with van der Waals surface area (Å²) in [5, 5.41) is 2.52. The summed E-state index contributed by atoms with van der Waals surface area (Å²) in [4.78, 5) is 15.8. The lowest BCUT2D eigenvalue weighted by Gasteiger charge is -2.27. The molecular weight excluding hydrogens is 306 g/mol. The van der Waals surface area contributed by atoms with Crippen molar-refractivity contribution in [3.63, 3.8) is 0 Å². The highest BCUT2D eigenvalue weighted by Crippen LogP contribution is 2.24. The summed E-state index contributed by atoms with van der Waals surface area (Å²) < 4.78 is 0. The Morgan fingerprint density at radius 3 is 2.76 bits per heavy atom. The standard InChI is InChI=1S/C15H18ClN3OS/c1-10(2)19(9-12-4-3-7-21-12)15(20)13-8-11(16)5-6-14(13)18-17/h3-8,10,18H,9,17H2,1-2H3. The smallest absolute Gasteiger partial charge is 0.256 e. The molecule has 2 aromatic rings. The van der Waals surface area contributed by atoms with Gasteiger partial charge in [0, 0.05) is 15.9 Å². The number of amides is 1. The predicted octanol–water partition coefficient (Wildman–Crippen LogP) is 3.74. The van der Waals surface area contributed by atoms with Gasteiger partial charge in [-0.2, -0.15) is 0 Å². The maximum atomic E-state index is 12.8. The van der Waals surface area contributed by atoms with E-state index in [-0.39, 0.29) is 11.9 Å². The highest BCUT2D eigenvalue weighted by Gasteiger charge is 2.22. The number of benzene rings is 1.